The van der Waals surface area contributed by atoms with Gasteiger partial charge in [0.15, 0.2) is 0 Å². The molecule has 0 saturated heterocycles. The lowest BCUT2D eigenvalue weighted by Crippen LogP contribution is -2.43. The van der Waals surface area contributed by atoms with E-state index in [1.165, 1.54) is 51.5 Å². The average Bonchev–Trinajstić information content (AvgIpc) is 2.98. The summed E-state index contributed by atoms with van der Waals surface area (Å²) in [6.45, 7) is 5.61. The second-order valence-corrected chi connectivity index (χ2v) is 6.18. The summed E-state index contributed by atoms with van der Waals surface area (Å²) >= 11 is 0. The van der Waals surface area contributed by atoms with Crippen LogP contribution in [0.25, 0.3) is 0 Å². The van der Waals surface area contributed by atoms with E-state index < -0.39 is 0 Å². The third-order valence-electron chi connectivity index (χ3n) is 4.50. The zero-order valence-corrected chi connectivity index (χ0v) is 10.1. The van der Waals surface area contributed by atoms with Gasteiger partial charge in [-0.25, -0.2) is 0 Å². The second-order valence-electron chi connectivity index (χ2n) is 6.18. The Morgan fingerprint density at radius 1 is 1.00 bits per heavy atom. The SMILES string of the molecule is CC1(CNCC2(CN)CCCCC2)CC1. The van der Waals surface area contributed by atoms with Crippen molar-refractivity contribution in [3.8, 4) is 0 Å². The van der Waals surface area contributed by atoms with Gasteiger partial charge in [-0.3, -0.25) is 0 Å². The van der Waals surface area contributed by atoms with Gasteiger partial charge in [-0.05, 0) is 43.1 Å². The molecule has 0 amide bonds. The first-order chi connectivity index (χ1) is 7.18. The predicted octanol–water partition coefficient (Wildman–Crippen LogP) is 2.29. The summed E-state index contributed by atoms with van der Waals surface area (Å²) in [6, 6.07) is 0. The summed E-state index contributed by atoms with van der Waals surface area (Å²) in [5.74, 6) is 0. The van der Waals surface area contributed by atoms with Crippen LogP contribution in [0.15, 0.2) is 0 Å². The van der Waals surface area contributed by atoms with Crippen LogP contribution in [-0.2, 0) is 0 Å². The van der Waals surface area contributed by atoms with Gasteiger partial charge in [0.25, 0.3) is 0 Å². The highest BCUT2D eigenvalue weighted by atomic mass is 14.9. The molecule has 2 saturated carbocycles. The molecular weight excluding hydrogens is 184 g/mol. The van der Waals surface area contributed by atoms with Crippen LogP contribution in [0.3, 0.4) is 0 Å². The topological polar surface area (TPSA) is 38.0 Å². The molecule has 2 nitrogen and oxygen atoms in total. The third-order valence-corrected chi connectivity index (χ3v) is 4.50. The highest BCUT2D eigenvalue weighted by Gasteiger charge is 2.37. The van der Waals surface area contributed by atoms with E-state index in [0.717, 1.165) is 13.1 Å². The van der Waals surface area contributed by atoms with Gasteiger partial charge in [0.1, 0.15) is 0 Å². The van der Waals surface area contributed by atoms with Crippen LogP contribution >= 0.6 is 0 Å². The van der Waals surface area contributed by atoms with Crippen LogP contribution in [0, 0.1) is 10.8 Å². The normalized spacial score (nSPS) is 27.6. The molecule has 2 aliphatic carbocycles. The van der Waals surface area contributed by atoms with Crippen LogP contribution in [0.4, 0.5) is 0 Å². The molecule has 15 heavy (non-hydrogen) atoms. The van der Waals surface area contributed by atoms with Crippen molar-refractivity contribution in [3.05, 3.63) is 0 Å². The molecule has 0 unspecified atom stereocenters. The molecule has 0 aromatic rings. The average molecular weight is 210 g/mol. The van der Waals surface area contributed by atoms with Crippen LogP contribution in [-0.4, -0.2) is 19.6 Å². The van der Waals surface area contributed by atoms with Gasteiger partial charge >= 0.3 is 0 Å². The molecule has 0 radical (unpaired) electrons. The molecule has 0 atom stereocenters. The number of nitrogens with one attached hydrogen (secondary N) is 1. The van der Waals surface area contributed by atoms with Crippen molar-refractivity contribution in [2.45, 2.75) is 51.9 Å². The molecule has 2 heteroatoms. The first-order valence-corrected chi connectivity index (χ1v) is 6.59. The summed E-state index contributed by atoms with van der Waals surface area (Å²) in [7, 11) is 0. The van der Waals surface area contributed by atoms with Gasteiger partial charge in [-0.1, -0.05) is 26.2 Å². The lowest BCUT2D eigenvalue weighted by atomic mass is 9.74. The quantitative estimate of drug-likeness (QED) is 0.730. The molecular formula is C13H26N2. The van der Waals surface area contributed by atoms with E-state index in [9.17, 15) is 0 Å². The Kier molecular flexibility index (Phi) is 3.36. The molecule has 0 heterocycles. The Morgan fingerprint density at radius 3 is 2.20 bits per heavy atom. The number of nitrogens with two attached hydrogens (primary N) is 1. The van der Waals surface area contributed by atoms with E-state index in [0.29, 0.717) is 10.8 Å². The molecule has 2 fully saturated rings. The molecule has 0 spiro atoms. The fourth-order valence-corrected chi connectivity index (χ4v) is 2.77. The maximum absolute atomic E-state index is 5.96. The van der Waals surface area contributed by atoms with E-state index in [1.54, 1.807) is 0 Å². The van der Waals surface area contributed by atoms with Crippen molar-refractivity contribution in [2.24, 2.45) is 16.6 Å². The lowest BCUT2D eigenvalue weighted by molar-refractivity contribution is 0.188. The summed E-state index contributed by atoms with van der Waals surface area (Å²) in [5.41, 5.74) is 7.03. The van der Waals surface area contributed by atoms with Gasteiger partial charge < -0.3 is 11.1 Å². The first kappa shape index (κ1) is 11.4. The molecule has 2 rings (SSSR count). The molecule has 0 aliphatic heterocycles. The van der Waals surface area contributed by atoms with Crippen LogP contribution in [0.1, 0.15) is 51.9 Å². The van der Waals surface area contributed by atoms with Crippen molar-refractivity contribution in [2.75, 3.05) is 19.6 Å². The van der Waals surface area contributed by atoms with Gasteiger partial charge in [0.2, 0.25) is 0 Å². The Hall–Kier alpha value is -0.0800. The summed E-state index contributed by atoms with van der Waals surface area (Å²) in [4.78, 5) is 0. The van der Waals surface area contributed by atoms with Crippen molar-refractivity contribution in [3.63, 3.8) is 0 Å². The maximum atomic E-state index is 5.96. The minimum Gasteiger partial charge on any atom is -0.330 e. The highest BCUT2D eigenvalue weighted by Crippen LogP contribution is 2.44. The number of hydrogen-bond acceptors (Lipinski definition) is 2. The van der Waals surface area contributed by atoms with Crippen LogP contribution in [0.2, 0.25) is 0 Å². The fourth-order valence-electron chi connectivity index (χ4n) is 2.77. The van der Waals surface area contributed by atoms with Crippen molar-refractivity contribution >= 4 is 0 Å². The molecule has 0 aromatic carbocycles. The van der Waals surface area contributed by atoms with E-state index in [4.69, 9.17) is 5.73 Å². The van der Waals surface area contributed by atoms with Gasteiger partial charge in [-0.15, -0.1) is 0 Å². The van der Waals surface area contributed by atoms with E-state index >= 15 is 0 Å². The predicted molar refractivity (Wildman–Crippen MR) is 64.8 cm³/mol. The van der Waals surface area contributed by atoms with Gasteiger partial charge in [0, 0.05) is 13.1 Å². The van der Waals surface area contributed by atoms with Crippen molar-refractivity contribution < 1.29 is 0 Å². The van der Waals surface area contributed by atoms with Gasteiger partial charge in [-0.2, -0.15) is 0 Å². The largest absolute Gasteiger partial charge is 0.330 e. The smallest absolute Gasteiger partial charge is 0.00201 e. The molecule has 0 bridgehead atoms. The fraction of sp³-hybridized carbons (Fsp3) is 1.00. The summed E-state index contributed by atoms with van der Waals surface area (Å²) in [6.07, 6.45) is 9.69. The summed E-state index contributed by atoms with van der Waals surface area (Å²) < 4.78 is 0. The van der Waals surface area contributed by atoms with E-state index in [-0.39, 0.29) is 0 Å². The van der Waals surface area contributed by atoms with E-state index in [1.807, 2.05) is 0 Å². The minimum absolute atomic E-state index is 0.434. The zero-order chi connectivity index (χ0) is 10.8. The zero-order valence-electron chi connectivity index (χ0n) is 10.1. The van der Waals surface area contributed by atoms with Crippen molar-refractivity contribution in [1.29, 1.82) is 0 Å². The Morgan fingerprint density at radius 2 is 1.67 bits per heavy atom. The lowest BCUT2D eigenvalue weighted by Gasteiger charge is -2.36. The Balaban J connectivity index is 1.74. The maximum Gasteiger partial charge on any atom is 0.00201 e. The van der Waals surface area contributed by atoms with Crippen molar-refractivity contribution in [1.82, 2.24) is 5.32 Å². The molecule has 88 valence electrons. The second kappa shape index (κ2) is 4.42. The number of hydrogen-bond donors (Lipinski definition) is 2. The third kappa shape index (κ3) is 2.94. The molecule has 2 aliphatic rings. The Labute approximate surface area is 94.0 Å². The summed E-state index contributed by atoms with van der Waals surface area (Å²) in [5, 5.41) is 3.67. The van der Waals surface area contributed by atoms with Gasteiger partial charge in [0.05, 0.1) is 0 Å². The standard InChI is InChI=1S/C13H26N2/c1-12(7-8-12)10-15-11-13(9-14)5-3-2-4-6-13/h15H,2-11,14H2,1H3. The molecule has 0 aromatic heterocycles. The highest BCUT2D eigenvalue weighted by molar-refractivity contribution is 4.92. The minimum atomic E-state index is 0.434. The van der Waals surface area contributed by atoms with Crippen LogP contribution in [0.5, 0.6) is 0 Å². The Bertz CT molecular complexity index is 203. The first-order valence-electron chi connectivity index (χ1n) is 6.59. The van der Waals surface area contributed by atoms with E-state index in [2.05, 4.69) is 12.2 Å². The number of rotatable bonds is 5. The molecule has 3 N–H and O–H groups in total. The monoisotopic (exact) mass is 210 g/mol. The van der Waals surface area contributed by atoms with Crippen LogP contribution < -0.4 is 11.1 Å².